The number of hydrogen-bond acceptors (Lipinski definition) is 3. The van der Waals surface area contributed by atoms with Crippen molar-refractivity contribution in [3.63, 3.8) is 0 Å². The quantitative estimate of drug-likeness (QED) is 0.825. The van der Waals surface area contributed by atoms with Crippen molar-refractivity contribution in [1.29, 1.82) is 0 Å². The Morgan fingerprint density at radius 3 is 3.00 bits per heavy atom. The van der Waals surface area contributed by atoms with Crippen LogP contribution in [0.5, 0.6) is 0 Å². The summed E-state index contributed by atoms with van der Waals surface area (Å²) in [6.07, 6.45) is 7.37. The van der Waals surface area contributed by atoms with Gasteiger partial charge in [0.1, 0.15) is 0 Å². The number of rotatable bonds is 6. The molecule has 0 aliphatic carbocycles. The van der Waals surface area contributed by atoms with Crippen molar-refractivity contribution in [3.8, 4) is 0 Å². The number of thiophene rings is 1. The van der Waals surface area contributed by atoms with Gasteiger partial charge in [0.15, 0.2) is 0 Å². The summed E-state index contributed by atoms with van der Waals surface area (Å²) in [6, 6.07) is 2.01. The van der Waals surface area contributed by atoms with E-state index in [9.17, 15) is 4.79 Å². The molecule has 0 bridgehead atoms. The van der Waals surface area contributed by atoms with Crippen molar-refractivity contribution in [3.05, 3.63) is 40.1 Å². The molecule has 0 fully saturated rings. The molecule has 2 aromatic heterocycles. The van der Waals surface area contributed by atoms with E-state index in [-0.39, 0.29) is 5.91 Å². The molecule has 102 valence electrons. The maximum absolute atomic E-state index is 12.0. The number of nitrogens with zero attached hydrogens (tertiary/aromatic N) is 2. The zero-order valence-electron chi connectivity index (χ0n) is 11.3. The van der Waals surface area contributed by atoms with Crippen molar-refractivity contribution in [2.24, 2.45) is 0 Å². The summed E-state index contributed by atoms with van der Waals surface area (Å²) in [6.45, 7) is 5.75. The third kappa shape index (κ3) is 3.67. The van der Waals surface area contributed by atoms with Crippen LogP contribution in [-0.4, -0.2) is 22.0 Å². The average Bonchev–Trinajstić information content (AvgIpc) is 3.03. The Morgan fingerprint density at radius 2 is 2.37 bits per heavy atom. The maximum atomic E-state index is 12.0. The highest BCUT2D eigenvalue weighted by atomic mass is 32.1. The van der Waals surface area contributed by atoms with Crippen LogP contribution in [0.3, 0.4) is 0 Å². The molecule has 0 aliphatic heterocycles. The number of hydrogen-bond donors (Lipinski definition) is 1. The molecule has 0 radical (unpaired) electrons. The highest BCUT2D eigenvalue weighted by Gasteiger charge is 2.10. The van der Waals surface area contributed by atoms with Crippen LogP contribution in [0.25, 0.3) is 0 Å². The Bertz CT molecular complexity index is 531. The van der Waals surface area contributed by atoms with E-state index in [0.717, 1.165) is 24.3 Å². The van der Waals surface area contributed by atoms with Crippen LogP contribution in [0.4, 0.5) is 0 Å². The maximum Gasteiger partial charge on any atom is 0.261 e. The van der Waals surface area contributed by atoms with Gasteiger partial charge >= 0.3 is 0 Å². The Labute approximate surface area is 117 Å². The second-order valence-corrected chi connectivity index (χ2v) is 5.71. The SMILES string of the molecule is CCc1cc(C(=O)NCCCn2ccnc2)sc1C. The first-order valence-electron chi connectivity index (χ1n) is 6.54. The molecule has 0 saturated carbocycles. The highest BCUT2D eigenvalue weighted by molar-refractivity contribution is 7.14. The van der Waals surface area contributed by atoms with E-state index in [4.69, 9.17) is 0 Å². The van der Waals surface area contributed by atoms with E-state index < -0.39 is 0 Å². The average molecular weight is 277 g/mol. The molecule has 2 aromatic rings. The van der Waals surface area contributed by atoms with E-state index in [2.05, 4.69) is 24.1 Å². The van der Waals surface area contributed by atoms with Crippen molar-refractivity contribution in [2.45, 2.75) is 33.2 Å². The second-order valence-electron chi connectivity index (χ2n) is 4.46. The van der Waals surface area contributed by atoms with Crippen LogP contribution < -0.4 is 5.32 Å². The van der Waals surface area contributed by atoms with Gasteiger partial charge in [0.25, 0.3) is 5.91 Å². The lowest BCUT2D eigenvalue weighted by Crippen LogP contribution is -2.24. The van der Waals surface area contributed by atoms with Gasteiger partial charge in [-0.2, -0.15) is 0 Å². The van der Waals surface area contributed by atoms with E-state index >= 15 is 0 Å². The molecule has 4 nitrogen and oxygen atoms in total. The van der Waals surface area contributed by atoms with Gasteiger partial charge in [-0.25, -0.2) is 4.98 Å². The minimum atomic E-state index is 0.0402. The summed E-state index contributed by atoms with van der Waals surface area (Å²) >= 11 is 1.58. The molecule has 0 aliphatic rings. The van der Waals surface area contributed by atoms with Crippen LogP contribution in [0.15, 0.2) is 24.8 Å². The number of carbonyl (C=O) groups is 1. The molecule has 0 spiro atoms. The van der Waals surface area contributed by atoms with Crippen molar-refractivity contribution in [2.75, 3.05) is 6.54 Å². The highest BCUT2D eigenvalue weighted by Crippen LogP contribution is 2.21. The van der Waals surface area contributed by atoms with E-state index in [0.29, 0.717) is 6.54 Å². The molecule has 2 rings (SSSR count). The lowest BCUT2D eigenvalue weighted by Gasteiger charge is -2.04. The lowest BCUT2D eigenvalue weighted by molar-refractivity contribution is 0.0956. The van der Waals surface area contributed by atoms with Crippen LogP contribution in [-0.2, 0) is 13.0 Å². The van der Waals surface area contributed by atoms with Crippen molar-refractivity contribution >= 4 is 17.2 Å². The largest absolute Gasteiger partial charge is 0.351 e. The minimum Gasteiger partial charge on any atom is -0.351 e. The first kappa shape index (κ1) is 13.8. The number of imidazole rings is 1. The third-order valence-corrected chi connectivity index (χ3v) is 4.15. The van der Waals surface area contributed by atoms with E-state index in [1.165, 1.54) is 10.4 Å². The van der Waals surface area contributed by atoms with Gasteiger partial charge in [0, 0.05) is 30.4 Å². The van der Waals surface area contributed by atoms with E-state index in [1.807, 2.05) is 16.8 Å². The predicted octanol–water partition coefficient (Wildman–Crippen LogP) is 2.64. The fourth-order valence-electron chi connectivity index (χ4n) is 1.95. The molecular formula is C14H19N3OS. The summed E-state index contributed by atoms with van der Waals surface area (Å²) < 4.78 is 2.01. The smallest absolute Gasteiger partial charge is 0.261 e. The van der Waals surface area contributed by atoms with Crippen molar-refractivity contribution < 1.29 is 4.79 Å². The third-order valence-electron chi connectivity index (χ3n) is 3.06. The molecule has 0 saturated heterocycles. The Balaban J connectivity index is 1.77. The van der Waals surface area contributed by atoms with Crippen LogP contribution >= 0.6 is 11.3 Å². The summed E-state index contributed by atoms with van der Waals surface area (Å²) in [5, 5.41) is 2.96. The topological polar surface area (TPSA) is 46.9 Å². The molecule has 5 heteroatoms. The molecule has 0 aromatic carbocycles. The van der Waals surface area contributed by atoms with Gasteiger partial charge in [-0.1, -0.05) is 6.92 Å². The number of nitrogens with one attached hydrogen (secondary N) is 1. The van der Waals surface area contributed by atoms with Crippen LogP contribution in [0.1, 0.15) is 33.5 Å². The van der Waals surface area contributed by atoms with Gasteiger partial charge in [-0.3, -0.25) is 4.79 Å². The van der Waals surface area contributed by atoms with Crippen LogP contribution in [0, 0.1) is 6.92 Å². The zero-order chi connectivity index (χ0) is 13.7. The standard InChI is InChI=1S/C14H19N3OS/c1-3-12-9-13(19-11(12)2)14(18)16-5-4-7-17-8-6-15-10-17/h6,8-10H,3-5,7H2,1-2H3,(H,16,18). The summed E-state index contributed by atoms with van der Waals surface area (Å²) in [7, 11) is 0. The fraction of sp³-hybridized carbons (Fsp3) is 0.429. The number of aromatic nitrogens is 2. The number of carbonyl (C=O) groups excluding carboxylic acids is 1. The normalized spacial score (nSPS) is 10.6. The van der Waals surface area contributed by atoms with E-state index in [1.54, 1.807) is 23.9 Å². The van der Waals surface area contributed by atoms with Crippen molar-refractivity contribution in [1.82, 2.24) is 14.9 Å². The minimum absolute atomic E-state index is 0.0402. The second kappa shape index (κ2) is 6.52. The molecule has 0 unspecified atom stereocenters. The van der Waals surface area contributed by atoms with Gasteiger partial charge in [-0.05, 0) is 31.4 Å². The number of aryl methyl sites for hydroxylation is 3. The zero-order valence-corrected chi connectivity index (χ0v) is 12.2. The summed E-state index contributed by atoms with van der Waals surface area (Å²) in [5.74, 6) is 0.0402. The van der Waals surface area contributed by atoms with Gasteiger partial charge in [-0.15, -0.1) is 11.3 Å². The first-order valence-corrected chi connectivity index (χ1v) is 7.35. The Morgan fingerprint density at radius 1 is 1.53 bits per heavy atom. The molecule has 0 atom stereocenters. The van der Waals surface area contributed by atoms with Gasteiger partial charge in [0.05, 0.1) is 11.2 Å². The lowest BCUT2D eigenvalue weighted by atomic mass is 10.2. The first-order chi connectivity index (χ1) is 9.20. The predicted molar refractivity (Wildman–Crippen MR) is 77.6 cm³/mol. The van der Waals surface area contributed by atoms with Crippen LogP contribution in [0.2, 0.25) is 0 Å². The molecule has 1 amide bonds. The van der Waals surface area contributed by atoms with Gasteiger partial charge in [0.2, 0.25) is 0 Å². The summed E-state index contributed by atoms with van der Waals surface area (Å²) in [4.78, 5) is 18.0. The molecule has 1 N–H and O–H groups in total. The summed E-state index contributed by atoms with van der Waals surface area (Å²) in [5.41, 5.74) is 1.27. The van der Waals surface area contributed by atoms with Gasteiger partial charge < -0.3 is 9.88 Å². The Kier molecular flexibility index (Phi) is 4.74. The molecular weight excluding hydrogens is 258 g/mol. The fourth-order valence-corrected chi connectivity index (χ4v) is 2.98. The molecule has 2 heterocycles. The Hall–Kier alpha value is -1.62. The number of amides is 1. The monoisotopic (exact) mass is 277 g/mol. The molecule has 19 heavy (non-hydrogen) atoms.